The van der Waals surface area contributed by atoms with E-state index >= 15 is 0 Å². The maximum absolute atomic E-state index is 13.0. The predicted molar refractivity (Wildman–Crippen MR) is 70.3 cm³/mol. The van der Waals surface area contributed by atoms with Crippen molar-refractivity contribution in [1.82, 2.24) is 9.88 Å². The van der Waals surface area contributed by atoms with Crippen molar-refractivity contribution in [2.75, 3.05) is 13.1 Å². The Morgan fingerprint density at radius 2 is 2.33 bits per heavy atom. The number of pyridine rings is 1. The van der Waals surface area contributed by atoms with Gasteiger partial charge in [0.1, 0.15) is 5.82 Å². The molecule has 0 bridgehead atoms. The van der Waals surface area contributed by atoms with E-state index in [-0.39, 0.29) is 11.2 Å². The standard InChI is InChI=1S/C14H20FN3/c1-4-11-8-18(10(2)16)9-14(11,3)13-6-5-12(15)7-17-13/h5-7,11,16H,4,8-9H2,1-3H3. The predicted octanol–water partition coefficient (Wildman–Crippen LogP) is 2.82. The Kier molecular flexibility index (Phi) is 3.37. The van der Waals surface area contributed by atoms with Gasteiger partial charge in [0, 0.05) is 24.2 Å². The molecule has 2 unspecified atom stereocenters. The molecule has 1 fully saturated rings. The van der Waals surface area contributed by atoms with Gasteiger partial charge in [0.15, 0.2) is 0 Å². The van der Waals surface area contributed by atoms with Crippen LogP contribution in [0.1, 0.15) is 32.9 Å². The smallest absolute Gasteiger partial charge is 0.141 e. The zero-order valence-corrected chi connectivity index (χ0v) is 11.2. The van der Waals surface area contributed by atoms with Gasteiger partial charge in [-0.2, -0.15) is 0 Å². The molecule has 2 rings (SSSR count). The number of amidine groups is 1. The van der Waals surface area contributed by atoms with Gasteiger partial charge in [-0.3, -0.25) is 10.4 Å². The molecule has 1 N–H and O–H groups in total. The molecule has 1 aromatic rings. The fraction of sp³-hybridized carbons (Fsp3) is 0.571. The van der Waals surface area contributed by atoms with Gasteiger partial charge in [0.05, 0.1) is 12.0 Å². The number of aromatic nitrogens is 1. The molecule has 2 atom stereocenters. The van der Waals surface area contributed by atoms with Crippen molar-refractivity contribution in [3.8, 4) is 0 Å². The van der Waals surface area contributed by atoms with Crippen molar-refractivity contribution in [3.05, 3.63) is 29.8 Å². The van der Waals surface area contributed by atoms with Crippen molar-refractivity contribution in [2.24, 2.45) is 5.92 Å². The van der Waals surface area contributed by atoms with Crippen LogP contribution in [0.2, 0.25) is 0 Å². The quantitative estimate of drug-likeness (QED) is 0.646. The molecule has 0 amide bonds. The Bertz CT molecular complexity index is 443. The summed E-state index contributed by atoms with van der Waals surface area (Å²) in [5, 5.41) is 7.78. The van der Waals surface area contributed by atoms with E-state index in [0.717, 1.165) is 25.2 Å². The van der Waals surface area contributed by atoms with Crippen LogP contribution in [-0.4, -0.2) is 28.8 Å². The summed E-state index contributed by atoms with van der Waals surface area (Å²) in [6.07, 6.45) is 2.33. The van der Waals surface area contributed by atoms with Crippen LogP contribution in [0.15, 0.2) is 18.3 Å². The third-order valence-electron chi connectivity index (χ3n) is 4.14. The average Bonchev–Trinajstić information content (AvgIpc) is 2.68. The maximum Gasteiger partial charge on any atom is 0.141 e. The molecule has 1 aliphatic rings. The normalized spacial score (nSPS) is 27.6. The molecule has 0 radical (unpaired) electrons. The minimum absolute atomic E-state index is 0.0925. The zero-order valence-electron chi connectivity index (χ0n) is 11.2. The highest BCUT2D eigenvalue weighted by atomic mass is 19.1. The van der Waals surface area contributed by atoms with Crippen LogP contribution < -0.4 is 0 Å². The van der Waals surface area contributed by atoms with Gasteiger partial charge < -0.3 is 4.90 Å². The highest BCUT2D eigenvalue weighted by Gasteiger charge is 2.44. The van der Waals surface area contributed by atoms with E-state index < -0.39 is 0 Å². The molecule has 98 valence electrons. The van der Waals surface area contributed by atoms with Crippen LogP contribution in [0, 0.1) is 17.1 Å². The van der Waals surface area contributed by atoms with Gasteiger partial charge in [-0.15, -0.1) is 0 Å². The number of hydrogen-bond donors (Lipinski definition) is 1. The van der Waals surface area contributed by atoms with E-state index in [4.69, 9.17) is 5.41 Å². The summed E-state index contributed by atoms with van der Waals surface area (Å²) in [4.78, 5) is 6.33. The first-order valence-corrected chi connectivity index (χ1v) is 6.39. The first-order chi connectivity index (χ1) is 8.47. The minimum atomic E-state index is -0.298. The Balaban J connectivity index is 2.33. The first kappa shape index (κ1) is 13.0. The number of hydrogen-bond acceptors (Lipinski definition) is 2. The molecule has 4 heteroatoms. The summed E-state index contributed by atoms with van der Waals surface area (Å²) in [5.74, 6) is 0.753. The molecular formula is C14H20FN3. The average molecular weight is 249 g/mol. The van der Waals surface area contributed by atoms with Crippen molar-refractivity contribution in [2.45, 2.75) is 32.6 Å². The fourth-order valence-electron chi connectivity index (χ4n) is 2.90. The van der Waals surface area contributed by atoms with Gasteiger partial charge >= 0.3 is 0 Å². The third kappa shape index (κ3) is 2.11. The van der Waals surface area contributed by atoms with E-state index in [1.807, 2.05) is 6.92 Å². The Morgan fingerprint density at radius 3 is 2.83 bits per heavy atom. The van der Waals surface area contributed by atoms with E-state index in [2.05, 4.69) is 23.7 Å². The van der Waals surface area contributed by atoms with Crippen LogP contribution in [0.4, 0.5) is 4.39 Å². The number of rotatable bonds is 2. The van der Waals surface area contributed by atoms with E-state index in [1.54, 1.807) is 6.07 Å². The van der Waals surface area contributed by atoms with Gasteiger partial charge in [0.25, 0.3) is 0 Å². The second kappa shape index (κ2) is 4.67. The van der Waals surface area contributed by atoms with Crippen molar-refractivity contribution in [3.63, 3.8) is 0 Å². The Morgan fingerprint density at radius 1 is 1.61 bits per heavy atom. The lowest BCUT2D eigenvalue weighted by molar-refractivity contribution is 0.354. The number of halogens is 1. The highest BCUT2D eigenvalue weighted by molar-refractivity contribution is 5.76. The molecular weight excluding hydrogens is 229 g/mol. The maximum atomic E-state index is 13.0. The molecule has 0 spiro atoms. The largest absolute Gasteiger partial charge is 0.360 e. The Labute approximate surface area is 108 Å². The van der Waals surface area contributed by atoms with E-state index in [9.17, 15) is 4.39 Å². The number of nitrogens with one attached hydrogen (secondary N) is 1. The highest BCUT2D eigenvalue weighted by Crippen LogP contribution is 2.39. The minimum Gasteiger partial charge on any atom is -0.360 e. The fourth-order valence-corrected chi connectivity index (χ4v) is 2.90. The third-order valence-corrected chi connectivity index (χ3v) is 4.14. The molecule has 1 aromatic heterocycles. The van der Waals surface area contributed by atoms with E-state index in [1.165, 1.54) is 12.3 Å². The lowest BCUT2D eigenvalue weighted by Crippen LogP contribution is -2.33. The number of nitrogens with zero attached hydrogens (tertiary/aromatic N) is 2. The summed E-state index contributed by atoms with van der Waals surface area (Å²) >= 11 is 0. The molecule has 2 heterocycles. The van der Waals surface area contributed by atoms with E-state index in [0.29, 0.717) is 11.8 Å². The lowest BCUT2D eigenvalue weighted by atomic mass is 9.75. The first-order valence-electron chi connectivity index (χ1n) is 6.39. The van der Waals surface area contributed by atoms with Crippen LogP contribution in [0.5, 0.6) is 0 Å². The molecule has 0 aliphatic carbocycles. The Hall–Kier alpha value is -1.45. The zero-order chi connectivity index (χ0) is 13.3. The van der Waals surface area contributed by atoms with Gasteiger partial charge in [-0.25, -0.2) is 4.39 Å². The van der Waals surface area contributed by atoms with Gasteiger partial charge in [-0.05, 0) is 25.0 Å². The summed E-state index contributed by atoms with van der Waals surface area (Å²) < 4.78 is 13.0. The molecule has 18 heavy (non-hydrogen) atoms. The van der Waals surface area contributed by atoms with Crippen molar-refractivity contribution >= 4 is 5.84 Å². The molecule has 3 nitrogen and oxygen atoms in total. The SMILES string of the molecule is CCC1CN(C(C)=N)CC1(C)c1ccc(F)cn1. The summed E-state index contributed by atoms with van der Waals surface area (Å²) in [5.41, 5.74) is 0.838. The second-order valence-electron chi connectivity index (χ2n) is 5.35. The van der Waals surface area contributed by atoms with Gasteiger partial charge in [-0.1, -0.05) is 20.3 Å². The van der Waals surface area contributed by atoms with Crippen LogP contribution in [0.25, 0.3) is 0 Å². The van der Waals surface area contributed by atoms with Crippen LogP contribution in [-0.2, 0) is 5.41 Å². The molecule has 0 aromatic carbocycles. The molecule has 0 saturated carbocycles. The van der Waals surface area contributed by atoms with Crippen LogP contribution >= 0.6 is 0 Å². The summed E-state index contributed by atoms with van der Waals surface area (Å²) in [6, 6.07) is 3.25. The molecule has 1 aliphatic heterocycles. The number of likely N-dealkylation sites (tertiary alicyclic amines) is 1. The van der Waals surface area contributed by atoms with Crippen LogP contribution in [0.3, 0.4) is 0 Å². The van der Waals surface area contributed by atoms with Crippen molar-refractivity contribution in [1.29, 1.82) is 5.41 Å². The summed E-state index contributed by atoms with van der Waals surface area (Å²) in [7, 11) is 0. The van der Waals surface area contributed by atoms with Crippen molar-refractivity contribution < 1.29 is 4.39 Å². The summed E-state index contributed by atoms with van der Waals surface area (Å²) in [6.45, 7) is 7.83. The molecule has 1 saturated heterocycles. The monoisotopic (exact) mass is 249 g/mol. The topological polar surface area (TPSA) is 40.0 Å². The lowest BCUT2D eigenvalue weighted by Gasteiger charge is -2.29. The second-order valence-corrected chi connectivity index (χ2v) is 5.35. The van der Waals surface area contributed by atoms with Gasteiger partial charge in [0.2, 0.25) is 0 Å².